The minimum Gasteiger partial charge on any atom is -0.302 e. The van der Waals surface area contributed by atoms with Crippen LogP contribution in [0.2, 0.25) is 0 Å². The molecule has 5 nitrogen and oxygen atoms in total. The molecule has 0 amide bonds. The van der Waals surface area contributed by atoms with Gasteiger partial charge in [0, 0.05) is 4.57 Å². The van der Waals surface area contributed by atoms with E-state index in [-0.39, 0.29) is 17.0 Å². The second-order valence-corrected chi connectivity index (χ2v) is 10.3. The molecular weight excluding hydrogens is 499 g/mol. The Morgan fingerprint density at radius 1 is 0.515 bits per heavy atom. The van der Waals surface area contributed by atoms with Gasteiger partial charge < -0.3 is 11.5 Å². The Labute approximate surface area is 217 Å². The molecule has 0 unspecified atom stereocenters. The maximum Gasteiger partial charge on any atom is 0.700 e. The lowest BCUT2D eigenvalue weighted by Gasteiger charge is -2.07. The lowest BCUT2D eigenvalue weighted by atomic mass is 10.1. The van der Waals surface area contributed by atoms with Gasteiger partial charge in [-0.2, -0.15) is 0 Å². The van der Waals surface area contributed by atoms with Crippen molar-refractivity contribution in [3.63, 3.8) is 0 Å². The fourth-order valence-corrected chi connectivity index (χ4v) is 4.72. The maximum absolute atomic E-state index is 12.0. The average molecular weight is 557 g/mol. The standard InChI is InChI=1S/C26H56N2O3P.BrH/c1-3-5-7-9-11-13-15-17-19-21-23-25(27)30-32(29)31-26(28)24-22-20-18-16-14-12-10-8-6-4-2;/h25-26H,3-24,27-28H2,1-2H3;1H/q+1;/t25-,26-;/m1./s1. The summed E-state index contributed by atoms with van der Waals surface area (Å²) in [6.45, 7) is 4.51. The van der Waals surface area contributed by atoms with Crippen LogP contribution in [0, 0.1) is 0 Å². The molecule has 4 N–H and O–H groups in total. The molecule has 0 spiro atoms. The van der Waals surface area contributed by atoms with Crippen LogP contribution in [0.25, 0.3) is 0 Å². The van der Waals surface area contributed by atoms with Crippen molar-refractivity contribution in [1.82, 2.24) is 0 Å². The van der Waals surface area contributed by atoms with Gasteiger partial charge in [0.15, 0.2) is 12.5 Å². The highest BCUT2D eigenvalue weighted by Gasteiger charge is 2.28. The van der Waals surface area contributed by atoms with Crippen LogP contribution in [0.5, 0.6) is 0 Å². The van der Waals surface area contributed by atoms with Crippen molar-refractivity contribution in [2.24, 2.45) is 11.5 Å². The molecule has 0 bridgehead atoms. The Morgan fingerprint density at radius 2 is 0.758 bits per heavy atom. The summed E-state index contributed by atoms with van der Waals surface area (Å²) in [5.74, 6) is 0. The average Bonchev–Trinajstić information content (AvgIpc) is 2.76. The summed E-state index contributed by atoms with van der Waals surface area (Å²) in [5, 5.41) is 0. The first-order chi connectivity index (χ1) is 15.6. The van der Waals surface area contributed by atoms with E-state index in [1.807, 2.05) is 0 Å². The van der Waals surface area contributed by atoms with Crippen LogP contribution in [0.1, 0.15) is 155 Å². The maximum atomic E-state index is 12.0. The molecule has 0 heterocycles. The number of unbranched alkanes of at least 4 members (excludes halogenated alkanes) is 18. The van der Waals surface area contributed by atoms with Crippen molar-refractivity contribution < 1.29 is 13.6 Å². The Kier molecular flexibility index (Phi) is 30.9. The summed E-state index contributed by atoms with van der Waals surface area (Å²) >= 11 is 0. The summed E-state index contributed by atoms with van der Waals surface area (Å²) in [5.41, 5.74) is 11.9. The first-order valence-corrected chi connectivity index (χ1v) is 15.0. The molecule has 33 heavy (non-hydrogen) atoms. The van der Waals surface area contributed by atoms with Crippen molar-refractivity contribution >= 4 is 25.2 Å². The van der Waals surface area contributed by atoms with Gasteiger partial charge in [-0.1, -0.05) is 129 Å². The number of rotatable bonds is 26. The van der Waals surface area contributed by atoms with Gasteiger partial charge in [0.25, 0.3) is 0 Å². The third-order valence-corrected chi connectivity index (χ3v) is 7.01. The second-order valence-electron chi connectivity index (χ2n) is 9.45. The molecule has 0 saturated heterocycles. The summed E-state index contributed by atoms with van der Waals surface area (Å²) in [6, 6.07) is 0. The predicted octanol–water partition coefficient (Wildman–Crippen LogP) is 9.45. The van der Waals surface area contributed by atoms with Gasteiger partial charge in [0.1, 0.15) is 0 Å². The van der Waals surface area contributed by atoms with Crippen LogP contribution < -0.4 is 11.5 Å². The van der Waals surface area contributed by atoms with Crippen molar-refractivity contribution in [3.05, 3.63) is 0 Å². The topological polar surface area (TPSA) is 87.6 Å². The summed E-state index contributed by atoms with van der Waals surface area (Å²) in [7, 11) is -2.24. The fourth-order valence-electron chi connectivity index (χ4n) is 4.02. The van der Waals surface area contributed by atoms with E-state index in [0.717, 1.165) is 25.7 Å². The van der Waals surface area contributed by atoms with Crippen LogP contribution in [0.4, 0.5) is 0 Å². The molecule has 0 aliphatic heterocycles. The van der Waals surface area contributed by atoms with E-state index in [1.54, 1.807) is 0 Å². The molecule has 7 heteroatoms. The number of hydrogen-bond acceptors (Lipinski definition) is 5. The van der Waals surface area contributed by atoms with Gasteiger partial charge in [-0.15, -0.1) is 26.0 Å². The molecule has 0 saturated carbocycles. The highest BCUT2D eigenvalue weighted by atomic mass is 79.9. The van der Waals surface area contributed by atoms with Crippen molar-refractivity contribution in [1.29, 1.82) is 0 Å². The molecule has 0 aromatic carbocycles. The molecule has 0 aromatic heterocycles. The molecule has 0 aliphatic carbocycles. The molecule has 0 radical (unpaired) electrons. The molecule has 0 aliphatic rings. The quantitative estimate of drug-likeness (QED) is 0.0629. The third-order valence-electron chi connectivity index (χ3n) is 6.13. The summed E-state index contributed by atoms with van der Waals surface area (Å²) in [6.07, 6.45) is 26.0. The Balaban J connectivity index is 0. The van der Waals surface area contributed by atoms with E-state index in [0.29, 0.717) is 12.8 Å². The Hall–Kier alpha value is 0.420. The lowest BCUT2D eigenvalue weighted by Crippen LogP contribution is -2.24. The molecule has 0 fully saturated rings. The van der Waals surface area contributed by atoms with Gasteiger partial charge in [0.2, 0.25) is 0 Å². The predicted molar refractivity (Wildman–Crippen MR) is 149 cm³/mol. The van der Waals surface area contributed by atoms with Crippen molar-refractivity contribution in [2.75, 3.05) is 0 Å². The smallest absolute Gasteiger partial charge is 0.302 e. The fraction of sp³-hybridized carbons (Fsp3) is 1.00. The van der Waals surface area contributed by atoms with Crippen LogP contribution in [-0.2, 0) is 13.6 Å². The first-order valence-electron chi connectivity index (χ1n) is 13.9. The van der Waals surface area contributed by atoms with Crippen LogP contribution in [-0.4, -0.2) is 12.5 Å². The minimum absolute atomic E-state index is 0. The summed E-state index contributed by atoms with van der Waals surface area (Å²) < 4.78 is 22.5. The second kappa shape index (κ2) is 28.7. The molecular formula is C26H57BrN2O3P+. The highest BCUT2D eigenvalue weighted by molar-refractivity contribution is 8.93. The Bertz CT molecular complexity index is 372. The number of nitrogens with two attached hydrogens (primary N) is 2. The third kappa shape index (κ3) is 28.5. The molecule has 2 atom stereocenters. The highest BCUT2D eigenvalue weighted by Crippen LogP contribution is 2.28. The van der Waals surface area contributed by atoms with E-state index in [9.17, 15) is 4.57 Å². The SMILES string of the molecule is Br.CCCCCCCCCCCC[C@H](N)O[P+](=O)O[C@@H](N)CCCCCCCCCCCC. The zero-order valence-electron chi connectivity index (χ0n) is 21.9. The number of hydrogen-bond donors (Lipinski definition) is 2. The zero-order valence-corrected chi connectivity index (χ0v) is 24.6. The zero-order chi connectivity index (χ0) is 23.7. The van der Waals surface area contributed by atoms with Gasteiger partial charge in [-0.3, -0.25) is 0 Å². The number of halogens is 1. The minimum atomic E-state index is -2.24. The van der Waals surface area contributed by atoms with Gasteiger partial charge in [-0.25, -0.2) is 0 Å². The molecule has 200 valence electrons. The van der Waals surface area contributed by atoms with E-state index in [2.05, 4.69) is 13.8 Å². The van der Waals surface area contributed by atoms with Crippen molar-refractivity contribution in [3.8, 4) is 0 Å². The van der Waals surface area contributed by atoms with Crippen LogP contribution in [0.3, 0.4) is 0 Å². The largest absolute Gasteiger partial charge is 0.700 e. The Morgan fingerprint density at radius 3 is 1.03 bits per heavy atom. The van der Waals surface area contributed by atoms with E-state index in [1.165, 1.54) is 103 Å². The van der Waals surface area contributed by atoms with Gasteiger partial charge >= 0.3 is 8.25 Å². The monoisotopic (exact) mass is 555 g/mol. The normalized spacial score (nSPS) is 13.0. The van der Waals surface area contributed by atoms with Crippen molar-refractivity contribution in [2.45, 2.75) is 168 Å². The van der Waals surface area contributed by atoms with E-state index in [4.69, 9.17) is 20.5 Å². The molecule has 0 rings (SSSR count). The first kappa shape index (κ1) is 35.6. The van der Waals surface area contributed by atoms with E-state index >= 15 is 0 Å². The van der Waals surface area contributed by atoms with Gasteiger partial charge in [-0.05, 0) is 25.7 Å². The molecule has 0 aromatic rings. The van der Waals surface area contributed by atoms with E-state index < -0.39 is 20.7 Å². The van der Waals surface area contributed by atoms with Crippen LogP contribution >= 0.6 is 25.2 Å². The van der Waals surface area contributed by atoms with Gasteiger partial charge in [0.05, 0.1) is 0 Å². The van der Waals surface area contributed by atoms with Crippen LogP contribution in [0.15, 0.2) is 0 Å². The summed E-state index contributed by atoms with van der Waals surface area (Å²) in [4.78, 5) is 0. The lowest BCUT2D eigenvalue weighted by molar-refractivity contribution is 0.123.